The van der Waals surface area contributed by atoms with Crippen LogP contribution in [-0.2, 0) is 0 Å². The van der Waals surface area contributed by atoms with Crippen LogP contribution in [0.25, 0.3) is 0 Å². The first kappa shape index (κ1) is 17.0. The molecule has 6 rings (SSSR count). The molecule has 0 amide bonds. The molecule has 0 unspecified atom stereocenters. The molecule has 0 atom stereocenters. The van der Waals surface area contributed by atoms with Crippen molar-refractivity contribution < 1.29 is 0 Å². The molecular weight excluding hydrogens is 330 g/mol. The van der Waals surface area contributed by atoms with Gasteiger partial charge in [0.15, 0.2) is 0 Å². The van der Waals surface area contributed by atoms with E-state index in [4.69, 9.17) is 4.99 Å². The van der Waals surface area contributed by atoms with Gasteiger partial charge in [-0.05, 0) is 86.5 Å². The van der Waals surface area contributed by atoms with E-state index in [0.29, 0.717) is 5.54 Å². The second kappa shape index (κ2) is 6.35. The van der Waals surface area contributed by atoms with E-state index in [9.17, 15) is 0 Å². The first-order chi connectivity index (χ1) is 11.7. The summed E-state index contributed by atoms with van der Waals surface area (Å²) < 4.78 is 0. The molecule has 0 spiro atoms. The molecule has 4 heteroatoms. The van der Waals surface area contributed by atoms with Crippen LogP contribution < -0.4 is 5.32 Å². The zero-order valence-corrected chi connectivity index (χ0v) is 15.7. The van der Waals surface area contributed by atoms with Crippen LogP contribution in [0.15, 0.2) is 46.9 Å². The topological polar surface area (TPSA) is 40.2 Å². The average molecular weight is 358 g/mol. The molecule has 5 aliphatic rings. The van der Waals surface area contributed by atoms with Crippen LogP contribution in [-0.4, -0.2) is 16.2 Å². The molecular formula is C21H28ClN3. The first-order valence-corrected chi connectivity index (χ1v) is 9.64. The molecule has 134 valence electrons. The van der Waals surface area contributed by atoms with E-state index < -0.39 is 0 Å². The second-order valence-electron chi connectivity index (χ2n) is 8.48. The second-order valence-corrected chi connectivity index (χ2v) is 8.48. The molecule has 4 aliphatic carbocycles. The van der Waals surface area contributed by atoms with E-state index in [1.165, 1.54) is 44.1 Å². The summed E-state index contributed by atoms with van der Waals surface area (Å²) in [6.45, 7) is 2.22. The van der Waals surface area contributed by atoms with Gasteiger partial charge in [-0.1, -0.05) is 6.92 Å². The van der Waals surface area contributed by atoms with Crippen LogP contribution in [0.5, 0.6) is 0 Å². The smallest absolute Gasteiger partial charge is 0.0875 e. The Hall–Kier alpha value is -1.48. The Bertz CT molecular complexity index is 691. The molecule has 4 fully saturated rings. The standard InChI is InChI=1S/C21H27N3.ClH/c1-2-17-9-19(18-4-3-5-22-18)24-20(17)13-23-21-10-14-6-15(11-21)8-16(7-14)12-21;/h3-5,9,13-16,22-23H,2,6-8,10-12H2,1H3;1H. The number of nitrogens with zero attached hydrogens (tertiary/aromatic N) is 1. The molecule has 4 bridgehead atoms. The minimum Gasteiger partial charge on any atom is -0.384 e. The Kier molecular flexibility index (Phi) is 4.31. The molecule has 1 aromatic rings. The Labute approximate surface area is 156 Å². The Balaban J connectivity index is 0.00000157. The van der Waals surface area contributed by atoms with E-state index in [-0.39, 0.29) is 12.4 Å². The predicted octanol–water partition coefficient (Wildman–Crippen LogP) is 4.98. The van der Waals surface area contributed by atoms with Crippen molar-refractivity contribution in [3.05, 3.63) is 47.6 Å². The number of hydrogen-bond donors (Lipinski definition) is 2. The maximum atomic E-state index is 4.89. The minimum absolute atomic E-state index is 0. The third-order valence-electron chi connectivity index (χ3n) is 6.69. The average Bonchev–Trinajstić information content (AvgIpc) is 3.21. The minimum atomic E-state index is 0. The number of hydrogen-bond acceptors (Lipinski definition) is 2. The third-order valence-corrected chi connectivity index (χ3v) is 6.69. The predicted molar refractivity (Wildman–Crippen MR) is 105 cm³/mol. The summed E-state index contributed by atoms with van der Waals surface area (Å²) in [6, 6.07) is 4.13. The van der Waals surface area contributed by atoms with Crippen molar-refractivity contribution in [2.75, 3.05) is 0 Å². The van der Waals surface area contributed by atoms with Crippen molar-refractivity contribution in [1.82, 2.24) is 10.3 Å². The van der Waals surface area contributed by atoms with Gasteiger partial charge in [0.25, 0.3) is 0 Å². The highest BCUT2D eigenvalue weighted by atomic mass is 35.5. The lowest BCUT2D eigenvalue weighted by Gasteiger charge is -2.57. The Morgan fingerprint density at radius 3 is 2.44 bits per heavy atom. The van der Waals surface area contributed by atoms with Gasteiger partial charge in [0, 0.05) is 17.9 Å². The molecule has 25 heavy (non-hydrogen) atoms. The van der Waals surface area contributed by atoms with Crippen molar-refractivity contribution in [3.8, 4) is 0 Å². The summed E-state index contributed by atoms with van der Waals surface area (Å²) in [7, 11) is 0. The molecule has 2 N–H and O–H groups in total. The highest BCUT2D eigenvalue weighted by molar-refractivity contribution is 6.10. The summed E-state index contributed by atoms with van der Waals surface area (Å²) in [4.78, 5) is 8.16. The monoisotopic (exact) mass is 357 g/mol. The number of rotatable bonds is 4. The maximum Gasteiger partial charge on any atom is 0.0875 e. The fourth-order valence-corrected chi connectivity index (χ4v) is 6.02. The van der Waals surface area contributed by atoms with Crippen LogP contribution in [0.2, 0.25) is 0 Å². The fraction of sp³-hybridized carbons (Fsp3) is 0.571. The molecule has 4 saturated carbocycles. The number of H-pyrrole nitrogens is 1. The zero-order chi connectivity index (χ0) is 16.1. The number of aliphatic imine (C=N–C) groups is 1. The number of aromatic amines is 1. The van der Waals surface area contributed by atoms with Gasteiger partial charge in [0.05, 0.1) is 17.1 Å². The summed E-state index contributed by atoms with van der Waals surface area (Å²) in [5.41, 5.74) is 5.02. The number of aromatic nitrogens is 1. The van der Waals surface area contributed by atoms with Gasteiger partial charge >= 0.3 is 0 Å². The van der Waals surface area contributed by atoms with Crippen molar-refractivity contribution in [1.29, 1.82) is 0 Å². The molecule has 2 heterocycles. The van der Waals surface area contributed by atoms with Gasteiger partial charge in [0.1, 0.15) is 0 Å². The van der Waals surface area contributed by atoms with Crippen LogP contribution in [0, 0.1) is 17.8 Å². The Morgan fingerprint density at radius 2 is 1.88 bits per heavy atom. The van der Waals surface area contributed by atoms with Gasteiger partial charge in [-0.2, -0.15) is 0 Å². The number of nitrogens with one attached hydrogen (secondary N) is 2. The van der Waals surface area contributed by atoms with Gasteiger partial charge in [-0.3, -0.25) is 0 Å². The summed E-state index contributed by atoms with van der Waals surface area (Å²) in [5.74, 6) is 2.93. The van der Waals surface area contributed by atoms with Crippen LogP contribution in [0.3, 0.4) is 0 Å². The van der Waals surface area contributed by atoms with E-state index in [1.54, 1.807) is 0 Å². The molecule has 0 aromatic carbocycles. The van der Waals surface area contributed by atoms with Crippen molar-refractivity contribution in [3.63, 3.8) is 0 Å². The highest BCUT2D eigenvalue weighted by Crippen LogP contribution is 2.55. The van der Waals surface area contributed by atoms with Gasteiger partial charge in [0.2, 0.25) is 0 Å². The fourth-order valence-electron chi connectivity index (χ4n) is 6.02. The SMILES string of the molecule is CCC1=CC(c2ccc[nH]2)=NC1=CNC12CC3CC(CC(C3)C1)C2.Cl. The maximum absolute atomic E-state index is 4.89. The summed E-state index contributed by atoms with van der Waals surface area (Å²) in [5, 5.41) is 3.88. The first-order valence-electron chi connectivity index (χ1n) is 9.64. The van der Waals surface area contributed by atoms with Gasteiger partial charge in [-0.15, -0.1) is 12.4 Å². The lowest BCUT2D eigenvalue weighted by atomic mass is 9.53. The molecule has 3 nitrogen and oxygen atoms in total. The van der Waals surface area contributed by atoms with Crippen LogP contribution in [0.1, 0.15) is 57.6 Å². The van der Waals surface area contributed by atoms with Crippen molar-refractivity contribution >= 4 is 18.1 Å². The quantitative estimate of drug-likeness (QED) is 0.784. The van der Waals surface area contributed by atoms with E-state index in [2.05, 4.69) is 35.6 Å². The molecule has 0 radical (unpaired) electrons. The van der Waals surface area contributed by atoms with E-state index >= 15 is 0 Å². The van der Waals surface area contributed by atoms with Gasteiger partial charge < -0.3 is 10.3 Å². The van der Waals surface area contributed by atoms with Gasteiger partial charge in [-0.25, -0.2) is 4.99 Å². The summed E-state index contributed by atoms with van der Waals surface area (Å²) >= 11 is 0. The normalized spacial score (nSPS) is 37.0. The highest BCUT2D eigenvalue weighted by Gasteiger charge is 2.50. The molecule has 1 aromatic heterocycles. The lowest BCUT2D eigenvalue weighted by molar-refractivity contribution is -0.0130. The van der Waals surface area contributed by atoms with Crippen molar-refractivity contribution in [2.45, 2.75) is 57.4 Å². The van der Waals surface area contributed by atoms with Crippen LogP contribution in [0.4, 0.5) is 0 Å². The van der Waals surface area contributed by atoms with E-state index in [0.717, 1.165) is 41.3 Å². The number of allylic oxidation sites excluding steroid dienone is 2. The molecule has 1 aliphatic heterocycles. The summed E-state index contributed by atoms with van der Waals surface area (Å²) in [6.07, 6.45) is 16.1. The van der Waals surface area contributed by atoms with E-state index in [1.807, 2.05) is 12.3 Å². The molecule has 0 saturated heterocycles. The lowest BCUT2D eigenvalue weighted by Crippen LogP contribution is -2.57. The Morgan fingerprint density at radius 1 is 1.20 bits per heavy atom. The largest absolute Gasteiger partial charge is 0.384 e. The zero-order valence-electron chi connectivity index (χ0n) is 14.9. The number of halogens is 1. The van der Waals surface area contributed by atoms with Crippen LogP contribution >= 0.6 is 12.4 Å². The van der Waals surface area contributed by atoms with Crippen molar-refractivity contribution in [2.24, 2.45) is 22.7 Å². The third kappa shape index (κ3) is 2.97.